The molecule has 108 valence electrons. The molecule has 0 amide bonds. The molecule has 0 saturated heterocycles. The lowest BCUT2D eigenvalue weighted by Gasteiger charge is -2.10. The molecule has 0 aliphatic carbocycles. The quantitative estimate of drug-likeness (QED) is 0.558. The largest absolute Gasteiger partial charge is 0.382 e. The van der Waals surface area contributed by atoms with Crippen LogP contribution in [0, 0.1) is 5.92 Å². The summed E-state index contributed by atoms with van der Waals surface area (Å²) in [5.74, 6) is 1.73. The van der Waals surface area contributed by atoms with Gasteiger partial charge in [0, 0.05) is 0 Å². The van der Waals surface area contributed by atoms with Gasteiger partial charge in [0.05, 0.1) is 5.70 Å². The fourth-order valence-electron chi connectivity index (χ4n) is 1.48. The Labute approximate surface area is 122 Å². The SMILES string of the molecule is C=C(/C=C\C(=C)C(C)C)NOc1ccc(C(C)C)cc1. The van der Waals surface area contributed by atoms with Crippen LogP contribution in [0.15, 0.2) is 60.8 Å². The second kappa shape index (κ2) is 7.59. The zero-order chi connectivity index (χ0) is 15.1. The van der Waals surface area contributed by atoms with Crippen molar-refractivity contribution in [3.05, 3.63) is 66.4 Å². The maximum Gasteiger partial charge on any atom is 0.155 e. The van der Waals surface area contributed by atoms with Gasteiger partial charge in [0.15, 0.2) is 5.75 Å². The number of benzene rings is 1. The Balaban J connectivity index is 2.47. The molecule has 2 nitrogen and oxygen atoms in total. The minimum absolute atomic E-state index is 0.434. The van der Waals surface area contributed by atoms with E-state index in [1.807, 2.05) is 24.3 Å². The van der Waals surface area contributed by atoms with Crippen LogP contribution < -0.4 is 10.3 Å². The number of nitrogens with one attached hydrogen (secondary N) is 1. The smallest absolute Gasteiger partial charge is 0.155 e. The van der Waals surface area contributed by atoms with Crippen LogP contribution >= 0.6 is 0 Å². The first kappa shape index (κ1) is 16.1. The summed E-state index contributed by atoms with van der Waals surface area (Å²) >= 11 is 0. The fraction of sp³-hybridized carbons (Fsp3) is 0.333. The molecule has 0 aliphatic rings. The summed E-state index contributed by atoms with van der Waals surface area (Å²) < 4.78 is 0. The highest BCUT2D eigenvalue weighted by atomic mass is 16.6. The summed E-state index contributed by atoms with van der Waals surface area (Å²) in [6, 6.07) is 8.04. The van der Waals surface area contributed by atoms with Gasteiger partial charge in [0.1, 0.15) is 0 Å². The van der Waals surface area contributed by atoms with Crippen LogP contribution in [-0.2, 0) is 0 Å². The third-order valence-electron chi connectivity index (χ3n) is 3.09. The zero-order valence-electron chi connectivity index (χ0n) is 12.9. The van der Waals surface area contributed by atoms with Crippen molar-refractivity contribution in [1.82, 2.24) is 5.48 Å². The fourth-order valence-corrected chi connectivity index (χ4v) is 1.48. The molecule has 1 rings (SSSR count). The maximum absolute atomic E-state index is 5.46. The van der Waals surface area contributed by atoms with E-state index in [2.05, 4.69) is 58.5 Å². The summed E-state index contributed by atoms with van der Waals surface area (Å²) in [7, 11) is 0. The van der Waals surface area contributed by atoms with E-state index in [4.69, 9.17) is 4.84 Å². The molecule has 0 saturated carbocycles. The molecule has 0 spiro atoms. The van der Waals surface area contributed by atoms with Crippen LogP contribution in [0.3, 0.4) is 0 Å². The average molecular weight is 271 g/mol. The van der Waals surface area contributed by atoms with Crippen LogP contribution in [0.25, 0.3) is 0 Å². The van der Waals surface area contributed by atoms with E-state index in [-0.39, 0.29) is 0 Å². The lowest BCUT2D eigenvalue weighted by molar-refractivity contribution is 0.234. The standard InChI is InChI=1S/C18H25NO/c1-13(2)15(5)7-8-16(6)19-20-18-11-9-17(10-12-18)14(3)4/h7-14,19H,5-6H2,1-4H3/b8-7-. The topological polar surface area (TPSA) is 21.3 Å². The summed E-state index contributed by atoms with van der Waals surface area (Å²) in [6.07, 6.45) is 3.82. The second-order valence-electron chi connectivity index (χ2n) is 5.52. The highest BCUT2D eigenvalue weighted by Crippen LogP contribution is 2.18. The van der Waals surface area contributed by atoms with Crippen molar-refractivity contribution in [3.63, 3.8) is 0 Å². The number of hydrogen-bond acceptors (Lipinski definition) is 2. The van der Waals surface area contributed by atoms with Crippen molar-refractivity contribution in [3.8, 4) is 5.75 Å². The van der Waals surface area contributed by atoms with Gasteiger partial charge >= 0.3 is 0 Å². The number of rotatable bonds is 7. The Morgan fingerprint density at radius 3 is 2.15 bits per heavy atom. The predicted octanol–water partition coefficient (Wildman–Crippen LogP) is 4.98. The monoisotopic (exact) mass is 271 g/mol. The summed E-state index contributed by atoms with van der Waals surface area (Å²) in [5, 5.41) is 0. The molecule has 0 aromatic heterocycles. The Hall–Kier alpha value is -1.96. The molecule has 0 radical (unpaired) electrons. The van der Waals surface area contributed by atoms with Crippen molar-refractivity contribution >= 4 is 0 Å². The first-order valence-electron chi connectivity index (χ1n) is 6.98. The van der Waals surface area contributed by atoms with Gasteiger partial charge < -0.3 is 4.84 Å². The number of hydrogen-bond donors (Lipinski definition) is 1. The molecule has 2 heteroatoms. The van der Waals surface area contributed by atoms with E-state index < -0.39 is 0 Å². The van der Waals surface area contributed by atoms with Gasteiger partial charge in [-0.25, -0.2) is 5.48 Å². The molecule has 0 bridgehead atoms. The minimum Gasteiger partial charge on any atom is -0.382 e. The first-order chi connectivity index (χ1) is 9.40. The lowest BCUT2D eigenvalue weighted by atomic mass is 10.0. The Bertz CT molecular complexity index is 481. The van der Waals surface area contributed by atoms with Crippen LogP contribution in [0.4, 0.5) is 0 Å². The maximum atomic E-state index is 5.46. The average Bonchev–Trinajstić information content (AvgIpc) is 2.42. The molecule has 0 atom stereocenters. The molecular weight excluding hydrogens is 246 g/mol. The highest BCUT2D eigenvalue weighted by Gasteiger charge is 2.00. The predicted molar refractivity (Wildman–Crippen MR) is 86.6 cm³/mol. The molecule has 0 aliphatic heterocycles. The van der Waals surface area contributed by atoms with Crippen molar-refractivity contribution < 1.29 is 4.84 Å². The van der Waals surface area contributed by atoms with E-state index in [1.165, 1.54) is 5.56 Å². The van der Waals surface area contributed by atoms with E-state index in [9.17, 15) is 0 Å². The third kappa shape index (κ3) is 5.35. The van der Waals surface area contributed by atoms with Crippen molar-refractivity contribution in [2.24, 2.45) is 5.92 Å². The van der Waals surface area contributed by atoms with E-state index in [1.54, 1.807) is 0 Å². The normalized spacial score (nSPS) is 11.1. The molecule has 20 heavy (non-hydrogen) atoms. The van der Waals surface area contributed by atoms with Crippen molar-refractivity contribution in [2.45, 2.75) is 33.6 Å². The molecule has 1 N–H and O–H groups in total. The van der Waals surface area contributed by atoms with E-state index in [0.29, 0.717) is 17.5 Å². The Morgan fingerprint density at radius 2 is 1.65 bits per heavy atom. The van der Waals surface area contributed by atoms with Gasteiger partial charge in [0.2, 0.25) is 0 Å². The van der Waals surface area contributed by atoms with Crippen molar-refractivity contribution in [1.29, 1.82) is 0 Å². The summed E-state index contributed by atoms with van der Waals surface area (Å²) in [4.78, 5) is 5.46. The number of allylic oxidation sites excluding steroid dienone is 3. The number of hydroxylamine groups is 1. The molecule has 1 aromatic rings. The molecule has 0 fully saturated rings. The van der Waals surface area contributed by atoms with Gasteiger partial charge in [-0.3, -0.25) is 0 Å². The van der Waals surface area contributed by atoms with Gasteiger partial charge in [0.25, 0.3) is 0 Å². The molecule has 0 unspecified atom stereocenters. The zero-order valence-corrected chi connectivity index (χ0v) is 12.9. The Kier molecular flexibility index (Phi) is 6.10. The highest BCUT2D eigenvalue weighted by molar-refractivity contribution is 5.29. The third-order valence-corrected chi connectivity index (χ3v) is 3.09. The van der Waals surface area contributed by atoms with Crippen molar-refractivity contribution in [2.75, 3.05) is 0 Å². The van der Waals surface area contributed by atoms with Crippen LogP contribution in [0.5, 0.6) is 5.75 Å². The Morgan fingerprint density at radius 1 is 1.05 bits per heavy atom. The second-order valence-corrected chi connectivity index (χ2v) is 5.52. The van der Waals surface area contributed by atoms with Gasteiger partial charge in [-0.2, -0.15) is 0 Å². The van der Waals surface area contributed by atoms with E-state index >= 15 is 0 Å². The minimum atomic E-state index is 0.434. The molecule has 0 heterocycles. The summed E-state index contributed by atoms with van der Waals surface area (Å²) in [5.41, 5.74) is 5.87. The summed E-state index contributed by atoms with van der Waals surface area (Å²) in [6.45, 7) is 16.4. The van der Waals surface area contributed by atoms with Gasteiger partial charge in [-0.15, -0.1) is 0 Å². The molecule has 1 aromatic carbocycles. The van der Waals surface area contributed by atoms with Crippen LogP contribution in [0.1, 0.15) is 39.2 Å². The lowest BCUT2D eigenvalue weighted by Crippen LogP contribution is -2.15. The van der Waals surface area contributed by atoms with Crippen LogP contribution in [-0.4, -0.2) is 0 Å². The van der Waals surface area contributed by atoms with Crippen LogP contribution in [0.2, 0.25) is 0 Å². The first-order valence-corrected chi connectivity index (χ1v) is 6.98. The molecular formula is C18H25NO. The van der Waals surface area contributed by atoms with E-state index in [0.717, 1.165) is 11.3 Å². The van der Waals surface area contributed by atoms with Gasteiger partial charge in [-0.1, -0.05) is 64.6 Å². The van der Waals surface area contributed by atoms with Gasteiger partial charge in [-0.05, 0) is 35.6 Å².